The number of imidazole rings is 1. The summed E-state index contributed by atoms with van der Waals surface area (Å²) in [6.07, 6.45) is 3.35. The fourth-order valence-corrected chi connectivity index (χ4v) is 2.52. The Morgan fingerprint density at radius 3 is 2.77 bits per heavy atom. The van der Waals surface area contributed by atoms with Gasteiger partial charge in [-0.25, -0.2) is 9.66 Å². The summed E-state index contributed by atoms with van der Waals surface area (Å²) in [5.41, 5.74) is 7.29. The molecule has 0 aliphatic rings. The van der Waals surface area contributed by atoms with Gasteiger partial charge in [-0.3, -0.25) is 4.79 Å². The molecule has 1 heterocycles. The van der Waals surface area contributed by atoms with Gasteiger partial charge < -0.3 is 15.2 Å². The van der Waals surface area contributed by atoms with Crippen molar-refractivity contribution >= 4 is 40.7 Å². The molecule has 1 aromatic heterocycles. The smallest absolute Gasteiger partial charge is 0.308 e. The number of carbonyl (C=O) groups excluding carboxylic acids is 1. The maximum Gasteiger partial charge on any atom is 0.308 e. The Hall–Kier alpha value is -2.10. The standard InChI is InChI=1S/C14H15IN4O3/c1-8-7-19(14(16)18-8)17-6-10-4-11(15)13(22-9(2)20)12(5-10)21-3/h4-7H,1-3H3,(H2,16,18). The maximum absolute atomic E-state index is 11.1. The number of esters is 1. The van der Waals surface area contributed by atoms with Crippen molar-refractivity contribution in [2.24, 2.45) is 5.10 Å². The average Bonchev–Trinajstić information content (AvgIpc) is 2.76. The summed E-state index contributed by atoms with van der Waals surface area (Å²) in [6.45, 7) is 3.18. The van der Waals surface area contributed by atoms with Gasteiger partial charge in [-0.1, -0.05) is 0 Å². The molecule has 0 bridgehead atoms. The molecule has 1 aromatic carbocycles. The number of hydrogen-bond donors (Lipinski definition) is 1. The number of carbonyl (C=O) groups is 1. The Morgan fingerprint density at radius 1 is 1.50 bits per heavy atom. The summed E-state index contributed by atoms with van der Waals surface area (Å²) in [5, 5.41) is 4.24. The first-order valence-corrected chi connectivity index (χ1v) is 7.40. The first kappa shape index (κ1) is 16.3. The molecule has 0 radical (unpaired) electrons. The highest BCUT2D eigenvalue weighted by Crippen LogP contribution is 2.33. The summed E-state index contributed by atoms with van der Waals surface area (Å²) >= 11 is 2.07. The van der Waals surface area contributed by atoms with Crippen LogP contribution in [0.2, 0.25) is 0 Å². The molecule has 0 fully saturated rings. The Bertz CT molecular complexity index is 740. The number of nitrogen functional groups attached to an aromatic ring is 1. The largest absolute Gasteiger partial charge is 0.493 e. The minimum atomic E-state index is -0.403. The number of nitrogens with zero attached hydrogens (tertiary/aromatic N) is 3. The van der Waals surface area contributed by atoms with Gasteiger partial charge in [-0.05, 0) is 47.2 Å². The van der Waals surface area contributed by atoms with Crippen LogP contribution in [0.3, 0.4) is 0 Å². The van der Waals surface area contributed by atoms with Crippen LogP contribution in [0.5, 0.6) is 11.5 Å². The number of benzene rings is 1. The van der Waals surface area contributed by atoms with Crippen LogP contribution in [-0.4, -0.2) is 29.0 Å². The predicted octanol–water partition coefficient (Wildman–Crippen LogP) is 2.19. The first-order valence-electron chi connectivity index (χ1n) is 6.32. The van der Waals surface area contributed by atoms with Crippen molar-refractivity contribution < 1.29 is 14.3 Å². The number of nitrogens with two attached hydrogens (primary N) is 1. The lowest BCUT2D eigenvalue weighted by Crippen LogP contribution is -2.05. The minimum absolute atomic E-state index is 0.312. The van der Waals surface area contributed by atoms with E-state index in [0.717, 1.165) is 14.8 Å². The van der Waals surface area contributed by atoms with Crippen molar-refractivity contribution in [3.63, 3.8) is 0 Å². The second-order valence-electron chi connectivity index (χ2n) is 4.46. The van der Waals surface area contributed by atoms with Crippen molar-refractivity contribution in [1.82, 2.24) is 9.66 Å². The van der Waals surface area contributed by atoms with E-state index >= 15 is 0 Å². The number of ether oxygens (including phenoxy) is 2. The van der Waals surface area contributed by atoms with Crippen LogP contribution in [-0.2, 0) is 4.79 Å². The number of aromatic nitrogens is 2. The molecule has 2 aromatic rings. The monoisotopic (exact) mass is 414 g/mol. The number of anilines is 1. The van der Waals surface area contributed by atoms with Gasteiger partial charge in [0, 0.05) is 6.92 Å². The zero-order valence-corrected chi connectivity index (χ0v) is 14.5. The number of aryl methyl sites for hydroxylation is 1. The van der Waals surface area contributed by atoms with Gasteiger partial charge in [0.2, 0.25) is 5.95 Å². The highest BCUT2D eigenvalue weighted by molar-refractivity contribution is 14.1. The molecule has 116 valence electrons. The molecule has 0 aliphatic heterocycles. The third-order valence-electron chi connectivity index (χ3n) is 2.66. The Labute approximate surface area is 141 Å². The summed E-state index contributed by atoms with van der Waals surface area (Å²) in [5.74, 6) is 0.760. The quantitative estimate of drug-likeness (QED) is 0.359. The van der Waals surface area contributed by atoms with Crippen LogP contribution in [0.15, 0.2) is 23.4 Å². The summed E-state index contributed by atoms with van der Waals surface area (Å²) in [4.78, 5) is 15.2. The van der Waals surface area contributed by atoms with E-state index in [1.165, 1.54) is 18.7 Å². The second kappa shape index (κ2) is 6.77. The molecule has 8 heteroatoms. The van der Waals surface area contributed by atoms with Crippen molar-refractivity contribution in [1.29, 1.82) is 0 Å². The molecule has 2 rings (SSSR count). The van der Waals surface area contributed by atoms with E-state index in [4.69, 9.17) is 15.2 Å². The fourth-order valence-electron chi connectivity index (χ4n) is 1.78. The van der Waals surface area contributed by atoms with Crippen LogP contribution in [0.1, 0.15) is 18.2 Å². The van der Waals surface area contributed by atoms with Gasteiger partial charge >= 0.3 is 5.97 Å². The van der Waals surface area contributed by atoms with Crippen molar-refractivity contribution in [3.8, 4) is 11.5 Å². The highest BCUT2D eigenvalue weighted by Gasteiger charge is 2.13. The van der Waals surface area contributed by atoms with Crippen LogP contribution < -0.4 is 15.2 Å². The lowest BCUT2D eigenvalue weighted by atomic mass is 10.2. The van der Waals surface area contributed by atoms with Crippen molar-refractivity contribution in [3.05, 3.63) is 33.2 Å². The van der Waals surface area contributed by atoms with Crippen LogP contribution in [0.4, 0.5) is 5.95 Å². The average molecular weight is 414 g/mol. The van der Waals surface area contributed by atoms with Gasteiger partial charge in [-0.2, -0.15) is 5.10 Å². The van der Waals surface area contributed by atoms with Gasteiger partial charge in [0.1, 0.15) is 0 Å². The topological polar surface area (TPSA) is 91.7 Å². The molecule has 0 saturated carbocycles. The normalized spacial score (nSPS) is 10.9. The lowest BCUT2D eigenvalue weighted by molar-refractivity contribution is -0.132. The Balaban J connectivity index is 2.34. The van der Waals surface area contributed by atoms with Gasteiger partial charge in [0.25, 0.3) is 0 Å². The number of rotatable bonds is 4. The van der Waals surface area contributed by atoms with Crippen LogP contribution in [0, 0.1) is 10.5 Å². The van der Waals surface area contributed by atoms with E-state index in [1.807, 2.05) is 13.0 Å². The number of methoxy groups -OCH3 is 1. The number of halogens is 1. The minimum Gasteiger partial charge on any atom is -0.493 e. The molecular formula is C14H15IN4O3. The molecular weight excluding hydrogens is 399 g/mol. The van der Waals surface area contributed by atoms with E-state index in [2.05, 4.69) is 32.7 Å². The second-order valence-corrected chi connectivity index (χ2v) is 5.62. The molecule has 0 unspecified atom stereocenters. The SMILES string of the molecule is COc1cc(C=Nn2cc(C)nc2N)cc(I)c1OC(C)=O. The molecule has 0 aliphatic carbocycles. The fraction of sp³-hybridized carbons (Fsp3) is 0.214. The predicted molar refractivity (Wildman–Crippen MR) is 91.4 cm³/mol. The molecule has 0 saturated heterocycles. The first-order chi connectivity index (χ1) is 10.4. The molecule has 0 spiro atoms. The van der Waals surface area contributed by atoms with Crippen LogP contribution in [0.25, 0.3) is 0 Å². The highest BCUT2D eigenvalue weighted by atomic mass is 127. The van der Waals surface area contributed by atoms with Crippen molar-refractivity contribution in [2.75, 3.05) is 12.8 Å². The maximum atomic E-state index is 11.1. The van der Waals surface area contributed by atoms with Gasteiger partial charge in [-0.15, -0.1) is 0 Å². The molecule has 2 N–H and O–H groups in total. The van der Waals surface area contributed by atoms with E-state index in [-0.39, 0.29) is 0 Å². The van der Waals surface area contributed by atoms with E-state index in [9.17, 15) is 4.79 Å². The van der Waals surface area contributed by atoms with E-state index < -0.39 is 5.97 Å². The lowest BCUT2D eigenvalue weighted by Gasteiger charge is -2.10. The molecule has 0 atom stereocenters. The van der Waals surface area contributed by atoms with E-state index in [0.29, 0.717) is 17.4 Å². The van der Waals surface area contributed by atoms with Crippen molar-refractivity contribution in [2.45, 2.75) is 13.8 Å². The number of hydrogen-bond acceptors (Lipinski definition) is 6. The van der Waals surface area contributed by atoms with Crippen LogP contribution >= 0.6 is 22.6 Å². The summed E-state index contributed by atoms with van der Waals surface area (Å²) in [6, 6.07) is 3.55. The summed E-state index contributed by atoms with van der Waals surface area (Å²) < 4.78 is 12.6. The molecule has 22 heavy (non-hydrogen) atoms. The van der Waals surface area contributed by atoms with Gasteiger partial charge in [0.05, 0.1) is 28.8 Å². The zero-order valence-electron chi connectivity index (χ0n) is 12.3. The zero-order chi connectivity index (χ0) is 16.3. The van der Waals surface area contributed by atoms with E-state index in [1.54, 1.807) is 18.5 Å². The van der Waals surface area contributed by atoms with Gasteiger partial charge in [0.15, 0.2) is 11.5 Å². The summed E-state index contributed by atoms with van der Waals surface area (Å²) in [7, 11) is 1.51. The molecule has 7 nitrogen and oxygen atoms in total. The third-order valence-corrected chi connectivity index (χ3v) is 3.46. The molecule has 0 amide bonds. The Kier molecular flexibility index (Phi) is 5.01. The third kappa shape index (κ3) is 3.75. The Morgan fingerprint density at radius 2 is 2.23 bits per heavy atom.